The third kappa shape index (κ3) is 2.81. The molecule has 0 heterocycles. The third-order valence-electron chi connectivity index (χ3n) is 2.06. The van der Waals surface area contributed by atoms with Crippen molar-refractivity contribution in [2.75, 3.05) is 6.61 Å². The second-order valence-electron chi connectivity index (χ2n) is 3.50. The topological polar surface area (TPSA) is 9.23 Å². The zero-order valence-electron chi connectivity index (χ0n) is 8.91. The van der Waals surface area contributed by atoms with Crippen LogP contribution >= 0.6 is 12.2 Å². The second kappa shape index (κ2) is 5.11. The highest BCUT2D eigenvalue weighted by atomic mass is 32.1. The zero-order chi connectivity index (χ0) is 10.6. The van der Waals surface area contributed by atoms with Crippen LogP contribution in [0.1, 0.15) is 37.8 Å². The molecule has 0 aliphatic carbocycles. The van der Waals surface area contributed by atoms with Crippen molar-refractivity contribution in [1.82, 2.24) is 0 Å². The molecule has 0 spiro atoms. The van der Waals surface area contributed by atoms with Crippen molar-refractivity contribution >= 4 is 17.3 Å². The first-order chi connectivity index (χ1) is 6.65. The number of hydrogen-bond acceptors (Lipinski definition) is 2. The minimum Gasteiger partial charge on any atom is -0.483 e. The van der Waals surface area contributed by atoms with Gasteiger partial charge < -0.3 is 4.74 Å². The molecule has 1 aromatic rings. The molecule has 1 aromatic carbocycles. The van der Waals surface area contributed by atoms with Crippen molar-refractivity contribution in [2.45, 2.75) is 26.7 Å². The molecule has 0 N–H and O–H groups in total. The molecule has 0 radical (unpaired) electrons. The minimum absolute atomic E-state index is 0.527. The first-order valence-electron chi connectivity index (χ1n) is 4.92. The Kier molecular flexibility index (Phi) is 4.08. The van der Waals surface area contributed by atoms with Crippen LogP contribution in [-0.2, 0) is 4.74 Å². The van der Waals surface area contributed by atoms with E-state index in [9.17, 15) is 0 Å². The van der Waals surface area contributed by atoms with Crippen LogP contribution in [0.15, 0.2) is 24.3 Å². The van der Waals surface area contributed by atoms with Gasteiger partial charge in [-0.3, -0.25) is 0 Å². The Morgan fingerprint density at radius 2 is 2.14 bits per heavy atom. The van der Waals surface area contributed by atoms with Crippen LogP contribution in [0, 0.1) is 0 Å². The molecule has 0 fully saturated rings. The van der Waals surface area contributed by atoms with Crippen molar-refractivity contribution < 1.29 is 4.74 Å². The molecule has 0 aromatic heterocycles. The highest BCUT2D eigenvalue weighted by molar-refractivity contribution is 7.80. The van der Waals surface area contributed by atoms with E-state index in [0.29, 0.717) is 17.6 Å². The Balaban J connectivity index is 2.88. The molecule has 1 nitrogen and oxygen atoms in total. The van der Waals surface area contributed by atoms with Gasteiger partial charge in [-0.2, -0.15) is 0 Å². The van der Waals surface area contributed by atoms with Crippen LogP contribution in [0.5, 0.6) is 0 Å². The van der Waals surface area contributed by atoms with Gasteiger partial charge in [0, 0.05) is 5.56 Å². The Morgan fingerprint density at radius 1 is 1.43 bits per heavy atom. The van der Waals surface area contributed by atoms with E-state index >= 15 is 0 Å². The Morgan fingerprint density at radius 3 is 2.71 bits per heavy atom. The molecule has 76 valence electrons. The van der Waals surface area contributed by atoms with E-state index < -0.39 is 0 Å². The second-order valence-corrected chi connectivity index (χ2v) is 3.87. The van der Waals surface area contributed by atoms with Crippen molar-refractivity contribution in [3.8, 4) is 0 Å². The van der Waals surface area contributed by atoms with E-state index in [1.165, 1.54) is 5.56 Å². The lowest BCUT2D eigenvalue weighted by molar-refractivity contribution is 0.337. The van der Waals surface area contributed by atoms with Crippen LogP contribution in [-0.4, -0.2) is 11.7 Å². The molecule has 0 saturated carbocycles. The largest absolute Gasteiger partial charge is 0.483 e. The van der Waals surface area contributed by atoms with Crippen molar-refractivity contribution in [2.24, 2.45) is 0 Å². The van der Waals surface area contributed by atoms with Gasteiger partial charge in [0.2, 0.25) is 0 Å². The van der Waals surface area contributed by atoms with Gasteiger partial charge in [-0.25, -0.2) is 0 Å². The highest BCUT2D eigenvalue weighted by Gasteiger charge is 2.04. The fourth-order valence-corrected chi connectivity index (χ4v) is 1.48. The van der Waals surface area contributed by atoms with Crippen molar-refractivity contribution in [1.29, 1.82) is 0 Å². The third-order valence-corrected chi connectivity index (χ3v) is 2.42. The van der Waals surface area contributed by atoms with Crippen molar-refractivity contribution in [3.05, 3.63) is 35.4 Å². The normalized spacial score (nSPS) is 10.3. The van der Waals surface area contributed by atoms with Crippen LogP contribution in [0.2, 0.25) is 0 Å². The average Bonchev–Trinajstić information content (AvgIpc) is 2.18. The molecule has 0 bridgehead atoms. The fraction of sp³-hybridized carbons (Fsp3) is 0.417. The van der Waals surface area contributed by atoms with E-state index in [4.69, 9.17) is 17.0 Å². The monoisotopic (exact) mass is 208 g/mol. The van der Waals surface area contributed by atoms with Gasteiger partial charge in [0.05, 0.1) is 6.61 Å². The molecule has 0 aliphatic rings. The number of thiocarbonyl (C=S) groups is 1. The lowest BCUT2D eigenvalue weighted by atomic mass is 10.0. The van der Waals surface area contributed by atoms with E-state index in [-0.39, 0.29) is 0 Å². The molecule has 0 unspecified atom stereocenters. The predicted molar refractivity (Wildman–Crippen MR) is 63.9 cm³/mol. The molecule has 2 heteroatoms. The fourth-order valence-electron chi connectivity index (χ4n) is 1.24. The van der Waals surface area contributed by atoms with Gasteiger partial charge in [0.1, 0.15) is 0 Å². The highest BCUT2D eigenvalue weighted by Crippen LogP contribution is 2.16. The summed E-state index contributed by atoms with van der Waals surface area (Å²) >= 11 is 5.14. The summed E-state index contributed by atoms with van der Waals surface area (Å²) in [6.07, 6.45) is 0. The maximum atomic E-state index is 5.29. The smallest absolute Gasteiger partial charge is 0.191 e. The van der Waals surface area contributed by atoms with Gasteiger partial charge in [-0.1, -0.05) is 32.0 Å². The molecular formula is C12H16OS. The van der Waals surface area contributed by atoms with E-state index in [2.05, 4.69) is 26.0 Å². The summed E-state index contributed by atoms with van der Waals surface area (Å²) in [5, 5.41) is 0.593. The first-order valence-corrected chi connectivity index (χ1v) is 5.33. The van der Waals surface area contributed by atoms with Crippen LogP contribution < -0.4 is 0 Å². The summed E-state index contributed by atoms with van der Waals surface area (Å²) in [5.41, 5.74) is 2.30. The predicted octanol–water partition coefficient (Wildman–Crippen LogP) is 3.52. The van der Waals surface area contributed by atoms with Gasteiger partial charge in [-0.15, -0.1) is 0 Å². The summed E-state index contributed by atoms with van der Waals surface area (Å²) in [6.45, 7) is 6.91. The van der Waals surface area contributed by atoms with Gasteiger partial charge in [0.15, 0.2) is 5.05 Å². The number of rotatable bonds is 3. The molecule has 0 aliphatic heterocycles. The minimum atomic E-state index is 0.527. The summed E-state index contributed by atoms with van der Waals surface area (Å²) in [5.74, 6) is 0.527. The summed E-state index contributed by atoms with van der Waals surface area (Å²) < 4.78 is 5.29. The summed E-state index contributed by atoms with van der Waals surface area (Å²) in [4.78, 5) is 0. The molecular weight excluding hydrogens is 192 g/mol. The molecule has 1 rings (SSSR count). The van der Waals surface area contributed by atoms with Crippen LogP contribution in [0.25, 0.3) is 0 Å². The lowest BCUT2D eigenvalue weighted by Gasteiger charge is -2.09. The number of hydrogen-bond donors (Lipinski definition) is 0. The van der Waals surface area contributed by atoms with Gasteiger partial charge in [0.25, 0.3) is 0 Å². The Hall–Kier alpha value is -0.890. The Bertz CT molecular complexity index is 318. The van der Waals surface area contributed by atoms with E-state index in [1.807, 2.05) is 19.1 Å². The van der Waals surface area contributed by atoms with Crippen LogP contribution in [0.4, 0.5) is 0 Å². The van der Waals surface area contributed by atoms with Gasteiger partial charge in [-0.05, 0) is 36.7 Å². The summed E-state index contributed by atoms with van der Waals surface area (Å²) in [6, 6.07) is 8.23. The molecule has 0 amide bonds. The number of ether oxygens (including phenoxy) is 1. The first kappa shape index (κ1) is 11.2. The zero-order valence-corrected chi connectivity index (χ0v) is 9.73. The molecule has 14 heavy (non-hydrogen) atoms. The van der Waals surface area contributed by atoms with E-state index in [1.54, 1.807) is 0 Å². The van der Waals surface area contributed by atoms with Crippen molar-refractivity contribution in [3.63, 3.8) is 0 Å². The molecule has 0 saturated heterocycles. The van der Waals surface area contributed by atoms with Gasteiger partial charge >= 0.3 is 0 Å². The Labute approximate surface area is 91.1 Å². The average molecular weight is 208 g/mol. The maximum absolute atomic E-state index is 5.29. The number of benzene rings is 1. The SMILES string of the molecule is CCOC(=S)c1cccc(C(C)C)c1. The quantitative estimate of drug-likeness (QED) is 0.703. The standard InChI is InChI=1S/C12H16OS/c1-4-13-12(14)11-7-5-6-10(8-11)9(2)3/h5-9H,4H2,1-3H3. The lowest BCUT2D eigenvalue weighted by Crippen LogP contribution is -2.03. The molecule has 0 atom stereocenters. The maximum Gasteiger partial charge on any atom is 0.191 e. The summed E-state index contributed by atoms with van der Waals surface area (Å²) in [7, 11) is 0. The van der Waals surface area contributed by atoms with E-state index in [0.717, 1.165) is 5.56 Å². The van der Waals surface area contributed by atoms with Crippen LogP contribution in [0.3, 0.4) is 0 Å².